The smallest absolute Gasteiger partial charge is 0.243 e. The van der Waals surface area contributed by atoms with Crippen LogP contribution in [0.3, 0.4) is 0 Å². The summed E-state index contributed by atoms with van der Waals surface area (Å²) in [6, 6.07) is 9.15. The van der Waals surface area contributed by atoms with Crippen molar-refractivity contribution >= 4 is 50.5 Å². The van der Waals surface area contributed by atoms with Gasteiger partial charge in [0, 0.05) is 19.8 Å². The fourth-order valence-corrected chi connectivity index (χ4v) is 3.37. The van der Waals surface area contributed by atoms with E-state index in [1.165, 1.54) is 39.4 Å². The van der Waals surface area contributed by atoms with Gasteiger partial charge in [-0.2, -0.15) is 0 Å². The predicted octanol–water partition coefficient (Wildman–Crippen LogP) is 3.30. The van der Waals surface area contributed by atoms with E-state index in [-0.39, 0.29) is 17.1 Å². The van der Waals surface area contributed by atoms with Crippen LogP contribution in [-0.4, -0.2) is 46.4 Å². The van der Waals surface area contributed by atoms with Crippen LogP contribution < -0.4 is 15.4 Å². The predicted molar refractivity (Wildman–Crippen MR) is 107 cm³/mol. The highest BCUT2D eigenvalue weighted by Gasteiger charge is 2.19. The number of halogens is 2. The molecule has 0 bridgehead atoms. The van der Waals surface area contributed by atoms with Crippen molar-refractivity contribution in [3.8, 4) is 5.75 Å². The van der Waals surface area contributed by atoms with E-state index in [0.29, 0.717) is 21.5 Å². The summed E-state index contributed by atoms with van der Waals surface area (Å²) in [5.74, 6) is -0.0469. The minimum absolute atomic E-state index is 0.0426. The van der Waals surface area contributed by atoms with E-state index in [2.05, 4.69) is 10.6 Å². The van der Waals surface area contributed by atoms with E-state index >= 15 is 0 Å². The zero-order valence-corrected chi connectivity index (χ0v) is 17.2. The van der Waals surface area contributed by atoms with E-state index in [9.17, 15) is 13.2 Å². The van der Waals surface area contributed by atoms with Gasteiger partial charge >= 0.3 is 0 Å². The molecule has 0 aliphatic rings. The Balaban J connectivity index is 2.15. The van der Waals surface area contributed by atoms with Gasteiger partial charge in [0.2, 0.25) is 15.9 Å². The first-order valence-corrected chi connectivity index (χ1v) is 9.94. The number of hydrogen-bond donors (Lipinski definition) is 2. The van der Waals surface area contributed by atoms with Crippen molar-refractivity contribution in [1.82, 2.24) is 4.31 Å². The molecule has 2 aromatic rings. The maximum absolute atomic E-state index is 12.3. The molecule has 1 amide bonds. The Hall–Kier alpha value is -2.00. The molecule has 0 saturated carbocycles. The van der Waals surface area contributed by atoms with Crippen molar-refractivity contribution < 1.29 is 17.9 Å². The third kappa shape index (κ3) is 5.26. The van der Waals surface area contributed by atoms with Gasteiger partial charge in [0.1, 0.15) is 5.75 Å². The lowest BCUT2D eigenvalue weighted by atomic mass is 10.3. The molecule has 0 fully saturated rings. The number of ether oxygens (including phenoxy) is 1. The van der Waals surface area contributed by atoms with Crippen LogP contribution in [0.5, 0.6) is 5.75 Å². The summed E-state index contributed by atoms with van der Waals surface area (Å²) in [6.45, 7) is -0.0637. The van der Waals surface area contributed by atoms with Crippen LogP contribution in [0.4, 0.5) is 11.4 Å². The first kappa shape index (κ1) is 21.3. The average Bonchev–Trinajstić information content (AvgIpc) is 2.62. The zero-order valence-electron chi connectivity index (χ0n) is 14.9. The molecule has 2 N–H and O–H groups in total. The fourth-order valence-electron chi connectivity index (χ4n) is 2.14. The number of hydrogen-bond acceptors (Lipinski definition) is 5. The van der Waals surface area contributed by atoms with Crippen molar-refractivity contribution in [2.24, 2.45) is 0 Å². The Morgan fingerprint density at radius 1 is 1.11 bits per heavy atom. The molecule has 2 aromatic carbocycles. The Kier molecular flexibility index (Phi) is 6.94. The van der Waals surface area contributed by atoms with Crippen LogP contribution in [0.25, 0.3) is 0 Å². The van der Waals surface area contributed by atoms with Crippen molar-refractivity contribution in [2.75, 3.05) is 38.4 Å². The van der Waals surface area contributed by atoms with E-state index in [1.807, 2.05) is 0 Å². The SMILES string of the molecule is COc1ccc(S(=O)(=O)N(C)C)cc1NC(=O)CNc1ccc(Cl)c(Cl)c1. The lowest BCUT2D eigenvalue weighted by molar-refractivity contribution is -0.114. The average molecular weight is 432 g/mol. The molecule has 0 unspecified atom stereocenters. The molecular weight excluding hydrogens is 413 g/mol. The molecule has 27 heavy (non-hydrogen) atoms. The Labute approximate surface area is 168 Å². The van der Waals surface area contributed by atoms with Gasteiger partial charge in [-0.25, -0.2) is 12.7 Å². The first-order valence-electron chi connectivity index (χ1n) is 7.74. The molecule has 0 radical (unpaired) electrons. The van der Waals surface area contributed by atoms with Gasteiger partial charge in [-0.1, -0.05) is 23.2 Å². The number of benzene rings is 2. The topological polar surface area (TPSA) is 87.7 Å². The van der Waals surface area contributed by atoms with Crippen molar-refractivity contribution in [3.05, 3.63) is 46.4 Å². The monoisotopic (exact) mass is 431 g/mol. The molecule has 0 aliphatic carbocycles. The van der Waals surface area contributed by atoms with E-state index in [4.69, 9.17) is 27.9 Å². The third-order valence-electron chi connectivity index (χ3n) is 3.60. The summed E-state index contributed by atoms with van der Waals surface area (Å²) in [6.07, 6.45) is 0. The maximum atomic E-state index is 12.3. The third-order valence-corrected chi connectivity index (χ3v) is 6.15. The molecule has 0 saturated heterocycles. The molecule has 0 heterocycles. The van der Waals surface area contributed by atoms with Gasteiger partial charge in [-0.3, -0.25) is 4.79 Å². The van der Waals surface area contributed by atoms with E-state index in [0.717, 1.165) is 4.31 Å². The number of amides is 1. The molecule has 2 rings (SSSR count). The number of rotatable bonds is 7. The number of anilines is 2. The molecule has 7 nitrogen and oxygen atoms in total. The number of carbonyl (C=O) groups excluding carboxylic acids is 1. The van der Waals surface area contributed by atoms with E-state index in [1.54, 1.807) is 18.2 Å². The summed E-state index contributed by atoms with van der Waals surface area (Å²) < 4.78 is 30.8. The van der Waals surface area contributed by atoms with Crippen molar-refractivity contribution in [2.45, 2.75) is 4.90 Å². The summed E-state index contributed by atoms with van der Waals surface area (Å²) in [7, 11) is 0.648. The molecule has 0 aromatic heterocycles. The van der Waals surface area contributed by atoms with Crippen LogP contribution in [0.2, 0.25) is 10.0 Å². The highest BCUT2D eigenvalue weighted by molar-refractivity contribution is 7.89. The second-order valence-electron chi connectivity index (χ2n) is 5.68. The van der Waals surface area contributed by atoms with Gasteiger partial charge in [-0.15, -0.1) is 0 Å². The van der Waals surface area contributed by atoms with Gasteiger partial charge in [0.25, 0.3) is 0 Å². The molecule has 146 valence electrons. The second-order valence-corrected chi connectivity index (χ2v) is 8.65. The molecule has 0 atom stereocenters. The highest BCUT2D eigenvalue weighted by atomic mass is 35.5. The molecular formula is C17H19Cl2N3O4S. The summed E-state index contributed by atoms with van der Waals surface area (Å²) in [5, 5.41) is 6.33. The summed E-state index contributed by atoms with van der Waals surface area (Å²) in [5.41, 5.74) is 0.872. The molecule has 0 spiro atoms. The van der Waals surface area contributed by atoms with Gasteiger partial charge in [0.15, 0.2) is 0 Å². The van der Waals surface area contributed by atoms with Crippen molar-refractivity contribution in [1.29, 1.82) is 0 Å². The zero-order chi connectivity index (χ0) is 20.2. The van der Waals surface area contributed by atoms with Crippen LogP contribution in [0.15, 0.2) is 41.3 Å². The van der Waals surface area contributed by atoms with Gasteiger partial charge < -0.3 is 15.4 Å². The molecule has 10 heteroatoms. The lowest BCUT2D eigenvalue weighted by Crippen LogP contribution is -2.24. The van der Waals surface area contributed by atoms with Crippen LogP contribution in [-0.2, 0) is 14.8 Å². The quantitative estimate of drug-likeness (QED) is 0.701. The Morgan fingerprint density at radius 2 is 1.81 bits per heavy atom. The maximum Gasteiger partial charge on any atom is 0.243 e. The molecule has 0 aliphatic heterocycles. The van der Waals surface area contributed by atoms with Gasteiger partial charge in [0.05, 0.1) is 34.3 Å². The Bertz CT molecular complexity index is 949. The summed E-state index contributed by atoms with van der Waals surface area (Å²) in [4.78, 5) is 12.3. The fraction of sp³-hybridized carbons (Fsp3) is 0.235. The number of nitrogens with zero attached hydrogens (tertiary/aromatic N) is 1. The van der Waals surface area contributed by atoms with Crippen LogP contribution in [0, 0.1) is 0 Å². The van der Waals surface area contributed by atoms with Gasteiger partial charge in [-0.05, 0) is 36.4 Å². The van der Waals surface area contributed by atoms with Crippen molar-refractivity contribution in [3.63, 3.8) is 0 Å². The van der Waals surface area contributed by atoms with E-state index < -0.39 is 15.9 Å². The minimum Gasteiger partial charge on any atom is -0.495 e. The normalized spacial score (nSPS) is 11.3. The second kappa shape index (κ2) is 8.79. The number of carbonyl (C=O) groups is 1. The Morgan fingerprint density at radius 3 is 2.41 bits per heavy atom. The number of nitrogens with one attached hydrogen (secondary N) is 2. The largest absolute Gasteiger partial charge is 0.495 e. The first-order chi connectivity index (χ1) is 12.6. The van der Waals surface area contributed by atoms with Crippen LogP contribution >= 0.6 is 23.2 Å². The van der Waals surface area contributed by atoms with Crippen LogP contribution in [0.1, 0.15) is 0 Å². The lowest BCUT2D eigenvalue weighted by Gasteiger charge is -2.15. The summed E-state index contributed by atoms with van der Waals surface area (Å²) >= 11 is 11.8. The minimum atomic E-state index is -3.64. The number of sulfonamides is 1. The highest BCUT2D eigenvalue weighted by Crippen LogP contribution is 2.28. The standard InChI is InChI=1S/C17H19Cl2N3O4S/c1-22(2)27(24,25)12-5-7-16(26-3)15(9-12)21-17(23)10-20-11-4-6-13(18)14(19)8-11/h4-9,20H,10H2,1-3H3,(H,21,23). The number of methoxy groups -OCH3 is 1.